The minimum atomic E-state index is 0.161. The van der Waals surface area contributed by atoms with Gasteiger partial charge in [0.05, 0.1) is 7.11 Å². The number of methoxy groups -OCH3 is 1. The molecule has 0 aliphatic carbocycles. The maximum Gasteiger partial charge on any atom is 0.224 e. The van der Waals surface area contributed by atoms with E-state index in [9.17, 15) is 4.79 Å². The average molecular weight is 411 g/mol. The fraction of sp³-hybridized carbons (Fsp3) is 0.409. The number of anilines is 1. The number of carbonyl (C=O) groups excluding carboxylic acids is 1. The molecule has 2 heterocycles. The molecule has 1 amide bonds. The first-order chi connectivity index (χ1) is 14.7. The molecule has 3 rings (SSSR count). The van der Waals surface area contributed by atoms with Crippen LogP contribution < -0.4 is 20.3 Å². The van der Waals surface area contributed by atoms with Crippen molar-refractivity contribution in [2.24, 2.45) is 4.99 Å². The molecule has 1 saturated heterocycles. The molecule has 1 aliphatic rings. The Morgan fingerprint density at radius 3 is 2.50 bits per heavy atom. The Bertz CT molecular complexity index is 817. The van der Waals surface area contributed by atoms with Gasteiger partial charge in [0.1, 0.15) is 11.6 Å². The molecule has 0 unspecified atom stereocenters. The van der Waals surface area contributed by atoms with Gasteiger partial charge in [-0.2, -0.15) is 0 Å². The van der Waals surface area contributed by atoms with Gasteiger partial charge in [-0.05, 0) is 29.8 Å². The number of carbonyl (C=O) groups is 1. The van der Waals surface area contributed by atoms with E-state index in [1.807, 2.05) is 47.4 Å². The molecular formula is C22H30N6O2. The molecule has 2 aromatic rings. The lowest BCUT2D eigenvalue weighted by Gasteiger charge is -2.35. The third-order valence-electron chi connectivity index (χ3n) is 5.08. The third kappa shape index (κ3) is 6.10. The first kappa shape index (κ1) is 21.4. The van der Waals surface area contributed by atoms with Crippen molar-refractivity contribution in [1.29, 1.82) is 0 Å². The Labute approximate surface area is 178 Å². The second-order valence-corrected chi connectivity index (χ2v) is 7.01. The van der Waals surface area contributed by atoms with E-state index in [4.69, 9.17) is 4.74 Å². The van der Waals surface area contributed by atoms with Crippen LogP contribution in [0.2, 0.25) is 0 Å². The SMILES string of the molecule is CN=C(NCCC(=O)N1CCN(c2ccccn2)CC1)NCc1ccc(OC)cc1. The van der Waals surface area contributed by atoms with Crippen molar-refractivity contribution in [3.63, 3.8) is 0 Å². The summed E-state index contributed by atoms with van der Waals surface area (Å²) in [4.78, 5) is 25.3. The molecule has 2 N–H and O–H groups in total. The number of piperazine rings is 1. The lowest BCUT2D eigenvalue weighted by Crippen LogP contribution is -2.49. The molecule has 1 aromatic heterocycles. The van der Waals surface area contributed by atoms with Crippen molar-refractivity contribution < 1.29 is 9.53 Å². The summed E-state index contributed by atoms with van der Waals surface area (Å²) in [5.41, 5.74) is 1.13. The van der Waals surface area contributed by atoms with Gasteiger partial charge in [0, 0.05) is 58.9 Å². The van der Waals surface area contributed by atoms with Crippen LogP contribution in [0.15, 0.2) is 53.7 Å². The number of aromatic nitrogens is 1. The minimum absolute atomic E-state index is 0.161. The number of hydrogen-bond donors (Lipinski definition) is 2. The first-order valence-electron chi connectivity index (χ1n) is 10.2. The summed E-state index contributed by atoms with van der Waals surface area (Å²) in [6, 6.07) is 13.8. The van der Waals surface area contributed by atoms with Crippen molar-refractivity contribution in [3.8, 4) is 5.75 Å². The Balaban J connectivity index is 1.36. The fourth-order valence-corrected chi connectivity index (χ4v) is 3.32. The zero-order valence-electron chi connectivity index (χ0n) is 17.7. The van der Waals surface area contributed by atoms with Crippen LogP contribution in [-0.2, 0) is 11.3 Å². The molecule has 0 saturated carbocycles. The summed E-state index contributed by atoms with van der Waals surface area (Å²) >= 11 is 0. The monoisotopic (exact) mass is 410 g/mol. The summed E-state index contributed by atoms with van der Waals surface area (Å²) in [6.45, 7) is 4.25. The summed E-state index contributed by atoms with van der Waals surface area (Å²) in [6.07, 6.45) is 2.24. The van der Waals surface area contributed by atoms with Crippen molar-refractivity contribution in [2.75, 3.05) is 51.8 Å². The topological polar surface area (TPSA) is 82.1 Å². The second-order valence-electron chi connectivity index (χ2n) is 7.01. The average Bonchev–Trinajstić information content (AvgIpc) is 2.82. The summed E-state index contributed by atoms with van der Waals surface area (Å²) < 4.78 is 5.17. The maximum absolute atomic E-state index is 12.5. The molecule has 1 fully saturated rings. The number of nitrogens with zero attached hydrogens (tertiary/aromatic N) is 4. The molecule has 8 heteroatoms. The van der Waals surface area contributed by atoms with E-state index in [1.165, 1.54) is 0 Å². The highest BCUT2D eigenvalue weighted by Gasteiger charge is 2.21. The predicted molar refractivity (Wildman–Crippen MR) is 119 cm³/mol. The van der Waals surface area contributed by atoms with Gasteiger partial charge in [-0.3, -0.25) is 9.79 Å². The zero-order valence-corrected chi connectivity index (χ0v) is 17.7. The number of aliphatic imine (C=N–C) groups is 1. The Morgan fingerprint density at radius 2 is 1.87 bits per heavy atom. The zero-order chi connectivity index (χ0) is 21.2. The van der Waals surface area contributed by atoms with E-state index in [2.05, 4.69) is 25.5 Å². The summed E-state index contributed by atoms with van der Waals surface area (Å²) in [7, 11) is 3.38. The largest absolute Gasteiger partial charge is 0.497 e. The standard InChI is InChI=1S/C22H30N6O2/c1-23-22(26-17-18-6-8-19(30-2)9-7-18)25-12-10-21(29)28-15-13-27(14-16-28)20-5-3-4-11-24-20/h3-9,11H,10,12-17H2,1-2H3,(H2,23,25,26). The molecule has 1 aliphatic heterocycles. The fourth-order valence-electron chi connectivity index (χ4n) is 3.32. The van der Waals surface area contributed by atoms with Crippen LogP contribution in [0, 0.1) is 0 Å². The third-order valence-corrected chi connectivity index (χ3v) is 5.08. The molecule has 0 spiro atoms. The van der Waals surface area contributed by atoms with Crippen LogP contribution in [-0.4, -0.2) is 68.6 Å². The van der Waals surface area contributed by atoms with Crippen LogP contribution >= 0.6 is 0 Å². The van der Waals surface area contributed by atoms with Crippen molar-refractivity contribution in [1.82, 2.24) is 20.5 Å². The highest BCUT2D eigenvalue weighted by molar-refractivity contribution is 5.81. The van der Waals surface area contributed by atoms with Crippen LogP contribution in [0.3, 0.4) is 0 Å². The molecule has 0 radical (unpaired) electrons. The molecule has 1 aromatic carbocycles. The lowest BCUT2D eigenvalue weighted by molar-refractivity contribution is -0.131. The second kappa shape index (κ2) is 11.0. The minimum Gasteiger partial charge on any atom is -0.497 e. The normalized spacial score (nSPS) is 14.4. The molecular weight excluding hydrogens is 380 g/mol. The smallest absolute Gasteiger partial charge is 0.224 e. The van der Waals surface area contributed by atoms with Crippen LogP contribution in [0.1, 0.15) is 12.0 Å². The maximum atomic E-state index is 12.5. The lowest BCUT2D eigenvalue weighted by atomic mass is 10.2. The number of benzene rings is 1. The Morgan fingerprint density at radius 1 is 1.10 bits per heavy atom. The van der Waals surface area contributed by atoms with Gasteiger partial charge in [-0.25, -0.2) is 4.98 Å². The van der Waals surface area contributed by atoms with Gasteiger partial charge in [0.15, 0.2) is 5.96 Å². The van der Waals surface area contributed by atoms with Crippen molar-refractivity contribution in [2.45, 2.75) is 13.0 Å². The highest BCUT2D eigenvalue weighted by atomic mass is 16.5. The number of guanidine groups is 1. The van der Waals surface area contributed by atoms with Crippen LogP contribution in [0.5, 0.6) is 5.75 Å². The quantitative estimate of drug-likeness (QED) is 0.532. The first-order valence-corrected chi connectivity index (χ1v) is 10.2. The predicted octanol–water partition coefficient (Wildman–Crippen LogP) is 1.49. The number of pyridine rings is 1. The van der Waals surface area contributed by atoms with E-state index in [1.54, 1.807) is 20.4 Å². The van der Waals surface area contributed by atoms with E-state index in [0.29, 0.717) is 25.5 Å². The van der Waals surface area contributed by atoms with Gasteiger partial charge < -0.3 is 25.2 Å². The van der Waals surface area contributed by atoms with Crippen LogP contribution in [0.25, 0.3) is 0 Å². The molecule has 0 atom stereocenters. The summed E-state index contributed by atoms with van der Waals surface area (Å²) in [5.74, 6) is 2.64. The number of ether oxygens (including phenoxy) is 1. The molecule has 30 heavy (non-hydrogen) atoms. The summed E-state index contributed by atoms with van der Waals surface area (Å²) in [5, 5.41) is 6.47. The van der Waals surface area contributed by atoms with E-state index >= 15 is 0 Å². The number of rotatable bonds is 7. The van der Waals surface area contributed by atoms with Crippen molar-refractivity contribution >= 4 is 17.7 Å². The Kier molecular flexibility index (Phi) is 7.88. The van der Waals surface area contributed by atoms with E-state index in [0.717, 1.165) is 43.3 Å². The number of hydrogen-bond acceptors (Lipinski definition) is 5. The Hall–Kier alpha value is -3.29. The number of amides is 1. The van der Waals surface area contributed by atoms with Crippen LogP contribution in [0.4, 0.5) is 5.82 Å². The van der Waals surface area contributed by atoms with Gasteiger partial charge in [0.2, 0.25) is 5.91 Å². The highest BCUT2D eigenvalue weighted by Crippen LogP contribution is 2.13. The molecule has 8 nitrogen and oxygen atoms in total. The molecule has 0 bridgehead atoms. The number of nitrogens with one attached hydrogen (secondary N) is 2. The van der Waals surface area contributed by atoms with E-state index < -0.39 is 0 Å². The van der Waals surface area contributed by atoms with Gasteiger partial charge in [-0.1, -0.05) is 18.2 Å². The molecule has 160 valence electrons. The van der Waals surface area contributed by atoms with Gasteiger partial charge in [0.25, 0.3) is 0 Å². The van der Waals surface area contributed by atoms with Gasteiger partial charge >= 0.3 is 0 Å². The van der Waals surface area contributed by atoms with E-state index in [-0.39, 0.29) is 5.91 Å². The van der Waals surface area contributed by atoms with Gasteiger partial charge in [-0.15, -0.1) is 0 Å². The van der Waals surface area contributed by atoms with Crippen molar-refractivity contribution in [3.05, 3.63) is 54.2 Å².